The van der Waals surface area contributed by atoms with E-state index in [1.165, 1.54) is 5.56 Å². The molecule has 0 aliphatic rings. The van der Waals surface area contributed by atoms with E-state index in [-0.39, 0.29) is 0 Å². The zero-order valence-electron chi connectivity index (χ0n) is 10.0. The van der Waals surface area contributed by atoms with Crippen LogP contribution in [0, 0.1) is 0 Å². The van der Waals surface area contributed by atoms with Gasteiger partial charge in [-0.3, -0.25) is 0 Å². The summed E-state index contributed by atoms with van der Waals surface area (Å²) < 4.78 is 1.11. The monoisotopic (exact) mass is 420 g/mol. The van der Waals surface area contributed by atoms with Gasteiger partial charge in [-0.1, -0.05) is 79.3 Å². The first-order chi connectivity index (χ1) is 9.13. The molecule has 0 saturated carbocycles. The molecule has 0 radical (unpaired) electrons. The number of hydrogen-bond acceptors (Lipinski definition) is 0. The molecule has 0 fully saturated rings. The van der Waals surface area contributed by atoms with Crippen LogP contribution in [0.1, 0.15) is 17.0 Å². The lowest BCUT2D eigenvalue weighted by Crippen LogP contribution is -2.06. The Morgan fingerprint density at radius 2 is 1.58 bits per heavy atom. The average Bonchev–Trinajstić information content (AvgIpc) is 2.40. The first-order valence-electron chi connectivity index (χ1n) is 5.86. The van der Waals surface area contributed by atoms with Gasteiger partial charge >= 0.3 is 0 Å². The fourth-order valence-electron chi connectivity index (χ4n) is 2.03. The average molecular weight is 423 g/mol. The molecule has 2 aromatic rings. The zero-order chi connectivity index (χ0) is 13.8. The van der Waals surface area contributed by atoms with Gasteiger partial charge in [-0.2, -0.15) is 0 Å². The van der Waals surface area contributed by atoms with Gasteiger partial charge in [-0.25, -0.2) is 0 Å². The van der Waals surface area contributed by atoms with Crippen molar-refractivity contribution in [3.8, 4) is 0 Å². The highest BCUT2D eigenvalue weighted by atomic mass is 79.9. The van der Waals surface area contributed by atoms with Crippen molar-refractivity contribution in [3.63, 3.8) is 0 Å². The van der Waals surface area contributed by atoms with Crippen LogP contribution in [0.25, 0.3) is 0 Å². The molecule has 1 unspecified atom stereocenters. The van der Waals surface area contributed by atoms with Gasteiger partial charge in [0.1, 0.15) is 0 Å². The Labute approximate surface area is 140 Å². The van der Waals surface area contributed by atoms with Gasteiger partial charge in [-0.15, -0.1) is 0 Å². The van der Waals surface area contributed by atoms with Crippen LogP contribution < -0.4 is 0 Å². The van der Waals surface area contributed by atoms with E-state index in [9.17, 15) is 0 Å². The van der Waals surface area contributed by atoms with Crippen molar-refractivity contribution in [3.05, 3.63) is 68.1 Å². The smallest absolute Gasteiger partial charge is 0.0453 e. The minimum Gasteiger partial charge on any atom is -0.0921 e. The second-order valence-electron chi connectivity index (χ2n) is 4.28. The van der Waals surface area contributed by atoms with E-state index in [0.29, 0.717) is 5.92 Å². The molecule has 2 aromatic carbocycles. The van der Waals surface area contributed by atoms with Crippen LogP contribution in [-0.4, -0.2) is 5.33 Å². The molecule has 0 nitrogen and oxygen atoms in total. The Morgan fingerprint density at radius 1 is 0.947 bits per heavy atom. The van der Waals surface area contributed by atoms with Crippen molar-refractivity contribution in [1.29, 1.82) is 0 Å². The molecule has 100 valence electrons. The molecule has 0 heterocycles. The first kappa shape index (κ1) is 15.4. The van der Waals surface area contributed by atoms with E-state index in [0.717, 1.165) is 31.8 Å². The minimum atomic E-state index is 0.327. The molecule has 0 aliphatic carbocycles. The molecule has 0 bridgehead atoms. The van der Waals surface area contributed by atoms with E-state index in [4.69, 9.17) is 23.2 Å². The zero-order valence-corrected chi connectivity index (χ0v) is 14.7. The number of benzene rings is 2. The van der Waals surface area contributed by atoms with Crippen LogP contribution in [0.4, 0.5) is 0 Å². The minimum absolute atomic E-state index is 0.327. The van der Waals surface area contributed by atoms with Gasteiger partial charge in [0.15, 0.2) is 0 Å². The quantitative estimate of drug-likeness (QED) is 0.495. The lowest BCUT2D eigenvalue weighted by atomic mass is 9.93. The Bertz CT molecular complexity index is 550. The Balaban J connectivity index is 2.32. The number of rotatable bonds is 4. The van der Waals surface area contributed by atoms with Crippen LogP contribution in [0.2, 0.25) is 10.0 Å². The molecule has 0 amide bonds. The van der Waals surface area contributed by atoms with Crippen LogP contribution in [0.5, 0.6) is 0 Å². The highest BCUT2D eigenvalue weighted by molar-refractivity contribution is 9.10. The Kier molecular flexibility index (Phi) is 5.76. The molecular formula is C15H12Br2Cl2. The van der Waals surface area contributed by atoms with Crippen molar-refractivity contribution >= 4 is 55.1 Å². The summed E-state index contributed by atoms with van der Waals surface area (Å²) in [6, 6.07) is 13.9. The predicted octanol–water partition coefficient (Wildman–Crippen LogP) is 6.48. The molecule has 4 heteroatoms. The fraction of sp³-hybridized carbons (Fsp3) is 0.200. The van der Waals surface area contributed by atoms with Gasteiger partial charge in [0.05, 0.1) is 0 Å². The first-order valence-corrected chi connectivity index (χ1v) is 8.53. The fourth-order valence-corrected chi connectivity index (χ4v) is 3.77. The summed E-state index contributed by atoms with van der Waals surface area (Å²) >= 11 is 19.7. The van der Waals surface area contributed by atoms with Crippen molar-refractivity contribution < 1.29 is 0 Å². The number of hydrogen-bond donors (Lipinski definition) is 0. The largest absolute Gasteiger partial charge is 0.0921 e. The maximum absolute atomic E-state index is 6.25. The molecule has 0 N–H and O–H groups in total. The summed E-state index contributed by atoms with van der Waals surface area (Å²) in [5.41, 5.74) is 2.27. The van der Waals surface area contributed by atoms with Gasteiger partial charge in [0.25, 0.3) is 0 Å². The van der Waals surface area contributed by atoms with Crippen LogP contribution in [0.15, 0.2) is 46.9 Å². The summed E-state index contributed by atoms with van der Waals surface area (Å²) in [5, 5.41) is 2.31. The van der Waals surface area contributed by atoms with E-state index >= 15 is 0 Å². The molecule has 0 aromatic heterocycles. The number of halogens is 4. The predicted molar refractivity (Wildman–Crippen MR) is 90.8 cm³/mol. The summed E-state index contributed by atoms with van der Waals surface area (Å²) in [6.45, 7) is 0. The molecule has 0 aliphatic heterocycles. The van der Waals surface area contributed by atoms with Crippen molar-refractivity contribution in [2.75, 3.05) is 5.33 Å². The topological polar surface area (TPSA) is 0 Å². The molecule has 1 atom stereocenters. The van der Waals surface area contributed by atoms with Crippen molar-refractivity contribution in [2.45, 2.75) is 12.3 Å². The van der Waals surface area contributed by atoms with Gasteiger partial charge in [-0.05, 0) is 41.7 Å². The molecule has 19 heavy (non-hydrogen) atoms. The summed E-state index contributed by atoms with van der Waals surface area (Å²) in [7, 11) is 0. The molecule has 2 rings (SSSR count). The van der Waals surface area contributed by atoms with E-state index in [1.807, 2.05) is 30.3 Å². The normalized spacial score (nSPS) is 12.4. The highest BCUT2D eigenvalue weighted by Gasteiger charge is 2.17. The summed E-state index contributed by atoms with van der Waals surface area (Å²) in [4.78, 5) is 0. The lowest BCUT2D eigenvalue weighted by Gasteiger charge is -2.18. The van der Waals surface area contributed by atoms with Gasteiger partial charge in [0, 0.05) is 19.8 Å². The summed E-state index contributed by atoms with van der Waals surface area (Å²) in [5.74, 6) is 0.327. The summed E-state index contributed by atoms with van der Waals surface area (Å²) in [6.07, 6.45) is 0.812. The van der Waals surface area contributed by atoms with Crippen molar-refractivity contribution in [1.82, 2.24) is 0 Å². The van der Waals surface area contributed by atoms with Crippen LogP contribution in [-0.2, 0) is 6.42 Å². The van der Waals surface area contributed by atoms with Gasteiger partial charge in [0.2, 0.25) is 0 Å². The van der Waals surface area contributed by atoms with Crippen LogP contribution >= 0.6 is 55.1 Å². The maximum Gasteiger partial charge on any atom is 0.0453 e. The Morgan fingerprint density at radius 3 is 2.16 bits per heavy atom. The van der Waals surface area contributed by atoms with Crippen molar-refractivity contribution in [2.24, 2.45) is 0 Å². The highest BCUT2D eigenvalue weighted by Crippen LogP contribution is 2.34. The lowest BCUT2D eigenvalue weighted by molar-refractivity contribution is 0.772. The SMILES string of the molecule is Clc1cccc(Cl)c1CC(CBr)c1ccccc1Br. The number of alkyl halides is 1. The van der Waals surface area contributed by atoms with Crippen LogP contribution in [0.3, 0.4) is 0 Å². The standard InChI is InChI=1S/C15H12Br2Cl2/c16-9-10(11-4-1-2-5-13(11)17)8-12-14(18)6-3-7-15(12)19/h1-7,10H,8-9H2. The van der Waals surface area contributed by atoms with E-state index in [1.54, 1.807) is 0 Å². The molecular weight excluding hydrogens is 411 g/mol. The van der Waals surface area contributed by atoms with Gasteiger partial charge < -0.3 is 0 Å². The Hall–Kier alpha value is -0.0200. The van der Waals surface area contributed by atoms with E-state index < -0.39 is 0 Å². The second kappa shape index (κ2) is 7.12. The third-order valence-electron chi connectivity index (χ3n) is 3.04. The third kappa shape index (κ3) is 3.75. The molecule has 0 spiro atoms. The third-order valence-corrected chi connectivity index (χ3v) is 5.26. The van der Waals surface area contributed by atoms with E-state index in [2.05, 4.69) is 44.0 Å². The maximum atomic E-state index is 6.25. The second-order valence-corrected chi connectivity index (χ2v) is 6.59. The molecule has 0 saturated heterocycles.